The van der Waals surface area contributed by atoms with Crippen LogP contribution < -0.4 is 0 Å². The van der Waals surface area contributed by atoms with Gasteiger partial charge in [-0.15, -0.1) is 0 Å². The molecule has 0 aromatic heterocycles. The molecule has 1 atom stereocenters. The Balaban J connectivity index is 1.73. The van der Waals surface area contributed by atoms with Gasteiger partial charge < -0.3 is 14.9 Å². The molecule has 0 amide bonds. The molecule has 3 N–H and O–H groups in total. The van der Waals surface area contributed by atoms with Gasteiger partial charge in [-0.3, -0.25) is 19.2 Å². The van der Waals surface area contributed by atoms with E-state index in [2.05, 4.69) is 12.1 Å². The van der Waals surface area contributed by atoms with E-state index in [1.54, 1.807) is 0 Å². The summed E-state index contributed by atoms with van der Waals surface area (Å²) in [5.74, 6) is -0.826. The fourth-order valence-corrected chi connectivity index (χ4v) is 3.92. The summed E-state index contributed by atoms with van der Waals surface area (Å²) in [6.07, 6.45) is 3.22. The lowest BCUT2D eigenvalue weighted by molar-refractivity contribution is -0.145. The minimum absolute atomic E-state index is 0.148. The molecule has 1 aliphatic heterocycles. The van der Waals surface area contributed by atoms with Gasteiger partial charge in [-0.25, -0.2) is 0 Å². The Morgan fingerprint density at radius 3 is 2.46 bits per heavy atom. The summed E-state index contributed by atoms with van der Waals surface area (Å²) in [5.41, 5.74) is 1.30. The maximum absolute atomic E-state index is 11.6. The predicted octanol–water partition coefficient (Wildman–Crippen LogP) is 1.65. The molecule has 0 aliphatic carbocycles. The highest BCUT2D eigenvalue weighted by molar-refractivity contribution is 7.51. The number of aliphatic carboxylic acids is 1. The lowest BCUT2D eigenvalue weighted by Gasteiger charge is -2.39. The fourth-order valence-electron chi connectivity index (χ4n) is 3.37. The van der Waals surface area contributed by atoms with E-state index in [1.807, 2.05) is 28.0 Å². The summed E-state index contributed by atoms with van der Waals surface area (Å²) in [7, 11) is -3.98. The molecule has 1 fully saturated rings. The van der Waals surface area contributed by atoms with E-state index >= 15 is 0 Å². The number of hydrogen-bond acceptors (Lipinski definition) is 4. The number of piperazine rings is 1. The zero-order valence-electron chi connectivity index (χ0n) is 15.0. The smallest absolute Gasteiger partial charge is 0.325 e. The number of carboxylic acids is 1. The highest BCUT2D eigenvalue weighted by atomic mass is 31.2. The predicted molar refractivity (Wildman–Crippen MR) is 100 cm³/mol. The Hall–Kier alpha value is -1.24. The molecule has 1 aromatic rings. The third-order valence-electron chi connectivity index (χ3n) is 4.79. The lowest BCUT2D eigenvalue weighted by atomic mass is 10.1. The van der Waals surface area contributed by atoms with Crippen molar-refractivity contribution in [2.45, 2.75) is 31.7 Å². The van der Waals surface area contributed by atoms with Crippen molar-refractivity contribution in [3.05, 3.63) is 35.9 Å². The van der Waals surface area contributed by atoms with E-state index in [9.17, 15) is 14.5 Å². The van der Waals surface area contributed by atoms with Crippen molar-refractivity contribution in [3.8, 4) is 0 Å². The maximum atomic E-state index is 11.6. The van der Waals surface area contributed by atoms with E-state index in [4.69, 9.17) is 9.79 Å². The molecule has 1 saturated heterocycles. The Kier molecular flexibility index (Phi) is 8.25. The minimum Gasteiger partial charge on any atom is -0.480 e. The second kappa shape index (κ2) is 10.2. The van der Waals surface area contributed by atoms with Crippen molar-refractivity contribution < 1.29 is 24.3 Å². The molecular weight excluding hydrogens is 355 g/mol. The molecule has 1 aromatic carbocycles. The summed E-state index contributed by atoms with van der Waals surface area (Å²) in [4.78, 5) is 33.5. The van der Waals surface area contributed by atoms with Gasteiger partial charge in [0.25, 0.3) is 0 Å². The number of unbranched alkanes of at least 4 members (excludes halogenated alkanes) is 1. The lowest BCUT2D eigenvalue weighted by Crippen LogP contribution is -2.56. The van der Waals surface area contributed by atoms with Gasteiger partial charge in [0.2, 0.25) is 0 Å². The van der Waals surface area contributed by atoms with Crippen LogP contribution >= 0.6 is 7.60 Å². The van der Waals surface area contributed by atoms with Gasteiger partial charge in [-0.05, 0) is 44.3 Å². The first-order chi connectivity index (χ1) is 12.3. The summed E-state index contributed by atoms with van der Waals surface area (Å²) in [6, 6.07) is 9.73. The number of rotatable bonds is 10. The van der Waals surface area contributed by atoms with Gasteiger partial charge in [-0.1, -0.05) is 30.3 Å². The molecular formula is C18H29N2O5P. The van der Waals surface area contributed by atoms with Crippen LogP contribution in [0.25, 0.3) is 0 Å². The normalized spacial score (nSPS) is 19.5. The Morgan fingerprint density at radius 1 is 1.08 bits per heavy atom. The van der Waals surface area contributed by atoms with Crippen molar-refractivity contribution in [2.24, 2.45) is 0 Å². The molecule has 0 radical (unpaired) electrons. The van der Waals surface area contributed by atoms with Crippen LogP contribution in [0.2, 0.25) is 0 Å². The average molecular weight is 384 g/mol. The summed E-state index contributed by atoms with van der Waals surface area (Å²) in [6.45, 7) is 3.12. The van der Waals surface area contributed by atoms with E-state index in [-0.39, 0.29) is 6.16 Å². The Bertz CT molecular complexity index is 607. The number of aryl methyl sites for hydroxylation is 1. The maximum Gasteiger partial charge on any atom is 0.325 e. The van der Waals surface area contributed by atoms with Crippen LogP contribution in [0, 0.1) is 0 Å². The molecule has 26 heavy (non-hydrogen) atoms. The van der Waals surface area contributed by atoms with Crippen LogP contribution in [0.4, 0.5) is 0 Å². The third kappa shape index (κ3) is 7.56. The van der Waals surface area contributed by atoms with Crippen LogP contribution in [-0.2, 0) is 15.8 Å². The van der Waals surface area contributed by atoms with Gasteiger partial charge in [0.05, 0.1) is 6.16 Å². The van der Waals surface area contributed by atoms with Crippen molar-refractivity contribution in [2.75, 3.05) is 38.9 Å². The van der Waals surface area contributed by atoms with Crippen molar-refractivity contribution in [1.82, 2.24) is 9.80 Å². The minimum atomic E-state index is -3.98. The van der Waals surface area contributed by atoms with Crippen LogP contribution in [0.5, 0.6) is 0 Å². The molecule has 0 spiro atoms. The quantitative estimate of drug-likeness (QED) is 0.416. The monoisotopic (exact) mass is 384 g/mol. The number of carboxylic acid groups (broad SMARTS) is 1. The fraction of sp³-hybridized carbons (Fsp3) is 0.611. The van der Waals surface area contributed by atoms with E-state index < -0.39 is 19.6 Å². The highest BCUT2D eigenvalue weighted by Gasteiger charge is 2.31. The topological polar surface area (TPSA) is 101 Å². The van der Waals surface area contributed by atoms with Crippen molar-refractivity contribution in [1.29, 1.82) is 0 Å². The van der Waals surface area contributed by atoms with E-state index in [1.165, 1.54) is 5.56 Å². The molecule has 0 bridgehead atoms. The summed E-state index contributed by atoms with van der Waals surface area (Å²) >= 11 is 0. The van der Waals surface area contributed by atoms with Crippen molar-refractivity contribution >= 4 is 13.6 Å². The largest absolute Gasteiger partial charge is 0.480 e. The van der Waals surface area contributed by atoms with Crippen LogP contribution in [0.3, 0.4) is 0 Å². The number of benzene rings is 1. The van der Waals surface area contributed by atoms with Gasteiger partial charge in [-0.2, -0.15) is 0 Å². The summed E-state index contributed by atoms with van der Waals surface area (Å²) in [5, 5.41) is 9.52. The first kappa shape index (κ1) is 21.1. The van der Waals surface area contributed by atoms with Gasteiger partial charge >= 0.3 is 13.6 Å². The second-order valence-electron chi connectivity index (χ2n) is 6.88. The van der Waals surface area contributed by atoms with E-state index in [0.29, 0.717) is 26.1 Å². The molecule has 0 saturated carbocycles. The van der Waals surface area contributed by atoms with Crippen LogP contribution in [0.15, 0.2) is 30.3 Å². The molecule has 7 nitrogen and oxygen atoms in total. The zero-order valence-corrected chi connectivity index (χ0v) is 15.9. The van der Waals surface area contributed by atoms with Gasteiger partial charge in [0, 0.05) is 19.6 Å². The third-order valence-corrected chi connectivity index (χ3v) is 5.69. The highest BCUT2D eigenvalue weighted by Crippen LogP contribution is 2.34. The molecule has 1 unspecified atom stereocenters. The van der Waals surface area contributed by atoms with Gasteiger partial charge in [0.1, 0.15) is 6.04 Å². The SMILES string of the molecule is O=C(O)C1CN(CCCP(=O)(O)O)CCN1CCCCc1ccccc1. The Labute approximate surface area is 154 Å². The van der Waals surface area contributed by atoms with E-state index in [0.717, 1.165) is 32.4 Å². The van der Waals surface area contributed by atoms with Crippen molar-refractivity contribution in [3.63, 3.8) is 0 Å². The second-order valence-corrected chi connectivity index (χ2v) is 8.65. The number of nitrogens with zero attached hydrogens (tertiary/aromatic N) is 2. The standard InChI is InChI=1S/C18H29N2O5P/c21-18(22)17-15-19(10-6-14-26(23,24)25)12-13-20(17)11-5-4-9-16-7-2-1-3-8-16/h1-3,7-8,17H,4-6,9-15H2,(H,21,22)(H2,23,24,25). The molecule has 2 rings (SSSR count). The average Bonchev–Trinajstić information content (AvgIpc) is 2.59. The zero-order chi connectivity index (χ0) is 19.0. The Morgan fingerprint density at radius 2 is 1.81 bits per heavy atom. The molecule has 1 heterocycles. The molecule has 1 aliphatic rings. The van der Waals surface area contributed by atoms with Gasteiger partial charge in [0.15, 0.2) is 0 Å². The van der Waals surface area contributed by atoms with Crippen LogP contribution in [-0.4, -0.2) is 75.6 Å². The number of hydrogen-bond donors (Lipinski definition) is 3. The first-order valence-electron chi connectivity index (χ1n) is 9.13. The first-order valence-corrected chi connectivity index (χ1v) is 10.9. The summed E-state index contributed by atoms with van der Waals surface area (Å²) < 4.78 is 10.9. The molecule has 146 valence electrons. The number of carbonyl (C=O) groups is 1. The van der Waals surface area contributed by atoms with Crippen LogP contribution in [0.1, 0.15) is 24.8 Å². The molecule has 8 heteroatoms.